The number of ether oxygens (including phenoxy) is 3. The lowest BCUT2D eigenvalue weighted by atomic mass is 9.90. The highest BCUT2D eigenvalue weighted by molar-refractivity contribution is 5.82. The normalized spacial score (nSPS) is 21.1. The highest BCUT2D eigenvalue weighted by Crippen LogP contribution is 2.29. The van der Waals surface area contributed by atoms with Gasteiger partial charge in [-0.3, -0.25) is 0 Å². The zero-order chi connectivity index (χ0) is 11.3. The smallest absolute Gasteiger partial charge is 0.332 e. The van der Waals surface area contributed by atoms with E-state index in [2.05, 4.69) is 4.74 Å². The van der Waals surface area contributed by atoms with Crippen LogP contribution < -0.4 is 5.73 Å². The molecule has 0 bridgehead atoms. The lowest BCUT2D eigenvalue weighted by Gasteiger charge is -2.36. The Balaban J connectivity index is 2.80. The molecule has 0 aliphatic carbocycles. The maximum atomic E-state index is 11.1. The Kier molecular flexibility index (Phi) is 4.11. The summed E-state index contributed by atoms with van der Waals surface area (Å²) < 4.78 is 15.2. The van der Waals surface area contributed by atoms with Crippen molar-refractivity contribution in [3.05, 3.63) is 11.8 Å². The predicted molar refractivity (Wildman–Crippen MR) is 54.1 cm³/mol. The molecule has 0 amide bonds. The minimum atomic E-state index is -0.577. The summed E-state index contributed by atoms with van der Waals surface area (Å²) in [6.07, 6.45) is 2.58. The first-order valence-electron chi connectivity index (χ1n) is 4.83. The van der Waals surface area contributed by atoms with E-state index in [1.165, 1.54) is 13.2 Å². The summed E-state index contributed by atoms with van der Waals surface area (Å²) >= 11 is 0. The van der Waals surface area contributed by atoms with E-state index in [1.54, 1.807) is 7.11 Å². The van der Waals surface area contributed by atoms with Crippen LogP contribution in [-0.2, 0) is 19.0 Å². The van der Waals surface area contributed by atoms with Gasteiger partial charge in [-0.2, -0.15) is 0 Å². The van der Waals surface area contributed by atoms with E-state index >= 15 is 0 Å². The third-order valence-electron chi connectivity index (χ3n) is 2.69. The molecule has 0 aromatic rings. The zero-order valence-corrected chi connectivity index (χ0v) is 9.12. The molecule has 0 unspecified atom stereocenters. The van der Waals surface area contributed by atoms with Crippen LogP contribution in [0.2, 0.25) is 0 Å². The maximum absolute atomic E-state index is 11.1. The number of esters is 1. The minimum absolute atomic E-state index is 0.403. The van der Waals surface area contributed by atoms with Crippen LogP contribution in [0.15, 0.2) is 11.8 Å². The van der Waals surface area contributed by atoms with Gasteiger partial charge in [0.1, 0.15) is 5.60 Å². The zero-order valence-electron chi connectivity index (χ0n) is 9.12. The van der Waals surface area contributed by atoms with Crippen LogP contribution in [0.5, 0.6) is 0 Å². The van der Waals surface area contributed by atoms with Gasteiger partial charge in [0.25, 0.3) is 0 Å². The molecule has 0 saturated carbocycles. The van der Waals surface area contributed by atoms with Gasteiger partial charge in [0.2, 0.25) is 0 Å². The number of hydrogen-bond donors (Lipinski definition) is 1. The van der Waals surface area contributed by atoms with Gasteiger partial charge in [-0.05, 0) is 0 Å². The van der Waals surface area contributed by atoms with E-state index < -0.39 is 11.6 Å². The topological polar surface area (TPSA) is 70.8 Å². The molecule has 1 fully saturated rings. The van der Waals surface area contributed by atoms with Gasteiger partial charge in [-0.15, -0.1) is 0 Å². The predicted octanol–water partition coefficient (Wildman–Crippen LogP) is 0.198. The monoisotopic (exact) mass is 215 g/mol. The van der Waals surface area contributed by atoms with E-state index in [-0.39, 0.29) is 0 Å². The Hall–Kier alpha value is -1.07. The van der Waals surface area contributed by atoms with Crippen molar-refractivity contribution in [2.75, 3.05) is 27.4 Å². The molecule has 5 heteroatoms. The van der Waals surface area contributed by atoms with Crippen LogP contribution in [0.1, 0.15) is 12.8 Å². The van der Waals surface area contributed by atoms with Crippen LogP contribution in [0.3, 0.4) is 0 Å². The fourth-order valence-electron chi connectivity index (χ4n) is 1.63. The first-order valence-corrected chi connectivity index (χ1v) is 4.83. The molecular formula is C10H17NO4. The Morgan fingerprint density at radius 1 is 1.40 bits per heavy atom. The Bertz CT molecular complexity index is 256. The number of rotatable bonds is 3. The molecule has 0 atom stereocenters. The molecule has 1 aliphatic rings. The van der Waals surface area contributed by atoms with Crippen molar-refractivity contribution in [3.63, 3.8) is 0 Å². The van der Waals surface area contributed by atoms with Gasteiger partial charge in [0.05, 0.1) is 7.11 Å². The number of methoxy groups -OCH3 is 2. The molecule has 5 nitrogen and oxygen atoms in total. The third kappa shape index (κ3) is 2.70. The Morgan fingerprint density at radius 3 is 2.47 bits per heavy atom. The van der Waals surface area contributed by atoms with Crippen molar-refractivity contribution < 1.29 is 19.0 Å². The average Bonchev–Trinajstić information content (AvgIpc) is 2.29. The van der Waals surface area contributed by atoms with Crippen molar-refractivity contribution in [2.24, 2.45) is 5.73 Å². The van der Waals surface area contributed by atoms with Crippen molar-refractivity contribution >= 4 is 5.97 Å². The molecule has 15 heavy (non-hydrogen) atoms. The van der Waals surface area contributed by atoms with Crippen LogP contribution in [0.4, 0.5) is 0 Å². The summed E-state index contributed by atoms with van der Waals surface area (Å²) in [7, 11) is 2.90. The lowest BCUT2D eigenvalue weighted by molar-refractivity contribution is -0.135. The van der Waals surface area contributed by atoms with Crippen LogP contribution in [-0.4, -0.2) is 39.0 Å². The molecule has 0 radical (unpaired) electrons. The van der Waals surface area contributed by atoms with E-state index in [4.69, 9.17) is 15.2 Å². The highest BCUT2D eigenvalue weighted by Gasteiger charge is 2.35. The van der Waals surface area contributed by atoms with Crippen molar-refractivity contribution in [1.82, 2.24) is 0 Å². The summed E-state index contributed by atoms with van der Waals surface area (Å²) in [5.41, 5.74) is 5.68. The van der Waals surface area contributed by atoms with Gasteiger partial charge in [0.15, 0.2) is 0 Å². The van der Waals surface area contributed by atoms with Crippen molar-refractivity contribution in [2.45, 2.75) is 18.4 Å². The molecule has 1 rings (SSSR count). The van der Waals surface area contributed by atoms with Gasteiger partial charge in [0, 0.05) is 44.9 Å². The summed E-state index contributed by atoms with van der Waals surface area (Å²) in [4.78, 5) is 11.1. The molecule has 0 aromatic heterocycles. The third-order valence-corrected chi connectivity index (χ3v) is 2.69. The Morgan fingerprint density at radius 2 is 2.00 bits per heavy atom. The molecule has 1 saturated heterocycles. The summed E-state index contributed by atoms with van der Waals surface area (Å²) in [6, 6.07) is 0. The fourth-order valence-corrected chi connectivity index (χ4v) is 1.63. The standard InChI is InChI=1S/C10H17NO4/c1-13-9(12)7-8(11)10(14-2)3-5-15-6-4-10/h7H,3-6,11H2,1-2H3/b8-7-. The molecule has 1 aliphatic heterocycles. The first-order chi connectivity index (χ1) is 7.14. The second-order valence-corrected chi connectivity index (χ2v) is 3.43. The maximum Gasteiger partial charge on any atom is 0.332 e. The van der Waals surface area contributed by atoms with Gasteiger partial charge >= 0.3 is 5.97 Å². The van der Waals surface area contributed by atoms with E-state index in [0.717, 1.165) is 0 Å². The minimum Gasteiger partial charge on any atom is -0.466 e. The number of nitrogens with two attached hydrogens (primary N) is 1. The van der Waals surface area contributed by atoms with E-state index in [1.807, 2.05) is 0 Å². The van der Waals surface area contributed by atoms with Gasteiger partial charge in [-0.25, -0.2) is 4.79 Å². The SMILES string of the molecule is COC(=O)/C=C(\N)C1(OC)CCOCC1. The number of carbonyl (C=O) groups excluding carboxylic acids is 1. The quantitative estimate of drug-likeness (QED) is 0.538. The largest absolute Gasteiger partial charge is 0.466 e. The van der Waals surface area contributed by atoms with Gasteiger partial charge < -0.3 is 19.9 Å². The second-order valence-electron chi connectivity index (χ2n) is 3.43. The lowest BCUT2D eigenvalue weighted by Crippen LogP contribution is -2.43. The molecule has 0 spiro atoms. The van der Waals surface area contributed by atoms with E-state index in [9.17, 15) is 4.79 Å². The van der Waals surface area contributed by atoms with Crippen molar-refractivity contribution in [3.8, 4) is 0 Å². The summed E-state index contributed by atoms with van der Waals surface area (Å²) in [5.74, 6) is -0.463. The molecule has 86 valence electrons. The molecule has 2 N–H and O–H groups in total. The summed E-state index contributed by atoms with van der Waals surface area (Å²) in [5, 5.41) is 0. The fraction of sp³-hybridized carbons (Fsp3) is 0.700. The van der Waals surface area contributed by atoms with Crippen LogP contribution >= 0.6 is 0 Å². The van der Waals surface area contributed by atoms with E-state index in [0.29, 0.717) is 31.8 Å². The second kappa shape index (κ2) is 5.14. The van der Waals surface area contributed by atoms with Crippen molar-refractivity contribution in [1.29, 1.82) is 0 Å². The highest BCUT2D eigenvalue weighted by atomic mass is 16.5. The average molecular weight is 215 g/mol. The van der Waals surface area contributed by atoms with Crippen LogP contribution in [0, 0.1) is 0 Å². The molecular weight excluding hydrogens is 198 g/mol. The molecule has 1 heterocycles. The number of hydrogen-bond acceptors (Lipinski definition) is 5. The Labute approximate surface area is 89.2 Å². The molecule has 0 aromatic carbocycles. The van der Waals surface area contributed by atoms with Gasteiger partial charge in [-0.1, -0.05) is 0 Å². The first kappa shape index (κ1) is 12.0. The number of carbonyl (C=O) groups is 1. The van der Waals surface area contributed by atoms with Crippen LogP contribution in [0.25, 0.3) is 0 Å². The summed E-state index contributed by atoms with van der Waals surface area (Å²) in [6.45, 7) is 1.17.